The van der Waals surface area contributed by atoms with Gasteiger partial charge in [0.15, 0.2) is 6.29 Å². The van der Waals surface area contributed by atoms with Crippen molar-refractivity contribution < 1.29 is 28.0 Å². The number of hydrogen-bond donors (Lipinski definition) is 3. The highest BCUT2D eigenvalue weighted by atomic mass is 32.2. The Bertz CT molecular complexity index is 1000. The molecule has 0 fully saturated rings. The number of aldehydes is 1. The Morgan fingerprint density at radius 1 is 0.920 bits per heavy atom. The average Bonchev–Trinajstić information content (AvgIpc) is 2.55. The fraction of sp³-hybridized carbons (Fsp3) is 0.0556. The summed E-state index contributed by atoms with van der Waals surface area (Å²) in [5, 5.41) is 19.8. The molecular weight excluding hydrogens is 344 g/mol. The van der Waals surface area contributed by atoms with Crippen LogP contribution in [0.2, 0.25) is 0 Å². The molecule has 0 saturated carbocycles. The minimum atomic E-state index is -4.37. The lowest BCUT2D eigenvalue weighted by molar-refractivity contribution is 0.112. The fourth-order valence-electron chi connectivity index (χ4n) is 2.26. The number of aryl methyl sites for hydroxylation is 1. The molecule has 3 N–H and O–H groups in total. The van der Waals surface area contributed by atoms with Gasteiger partial charge in [-0.1, -0.05) is 42.5 Å². The third kappa shape index (κ3) is 4.14. The van der Waals surface area contributed by atoms with Crippen molar-refractivity contribution in [1.29, 1.82) is 0 Å². The molecule has 130 valence electrons. The van der Waals surface area contributed by atoms with E-state index in [4.69, 9.17) is 9.66 Å². The second-order valence-corrected chi connectivity index (χ2v) is 6.62. The second-order valence-electron chi connectivity index (χ2n) is 5.23. The first-order valence-electron chi connectivity index (χ1n) is 7.17. The van der Waals surface area contributed by atoms with Gasteiger partial charge in [-0.3, -0.25) is 9.35 Å². The van der Waals surface area contributed by atoms with Crippen molar-refractivity contribution in [3.05, 3.63) is 65.7 Å². The van der Waals surface area contributed by atoms with Crippen molar-refractivity contribution in [3.63, 3.8) is 0 Å². The summed E-state index contributed by atoms with van der Waals surface area (Å²) < 4.78 is 30.6. The molecular formula is C18H16O6S. The number of carbonyl (C=O) groups is 1. The lowest BCUT2D eigenvalue weighted by Gasteiger charge is -2.04. The summed E-state index contributed by atoms with van der Waals surface area (Å²) in [5.41, 5.74) is 1.18. The third-order valence-corrected chi connectivity index (χ3v) is 4.45. The number of phenols is 2. The molecule has 0 radical (unpaired) electrons. The largest absolute Gasteiger partial charge is 0.507 e. The van der Waals surface area contributed by atoms with Crippen molar-refractivity contribution in [3.8, 4) is 11.5 Å². The topological polar surface area (TPSA) is 112 Å². The molecule has 0 heterocycles. The molecule has 6 nitrogen and oxygen atoms in total. The SMILES string of the molecule is Cc1cccc(O)c1C=O.O=S(=O)(O)c1ccc2ccccc2c1O. The number of carbonyl (C=O) groups excluding carboxylic acids is 1. The summed E-state index contributed by atoms with van der Waals surface area (Å²) in [7, 11) is -4.37. The zero-order valence-corrected chi connectivity index (χ0v) is 14.1. The predicted molar refractivity (Wildman–Crippen MR) is 93.7 cm³/mol. The minimum absolute atomic E-state index is 0.0509. The van der Waals surface area contributed by atoms with Crippen molar-refractivity contribution in [2.24, 2.45) is 0 Å². The molecule has 0 spiro atoms. The third-order valence-electron chi connectivity index (χ3n) is 3.56. The molecule has 3 rings (SSSR count). The smallest absolute Gasteiger partial charge is 0.298 e. The lowest BCUT2D eigenvalue weighted by atomic mass is 10.1. The zero-order valence-electron chi connectivity index (χ0n) is 13.2. The molecule has 0 unspecified atom stereocenters. The van der Waals surface area contributed by atoms with Crippen LogP contribution in [-0.4, -0.2) is 29.5 Å². The van der Waals surface area contributed by atoms with Crippen LogP contribution in [0.1, 0.15) is 15.9 Å². The van der Waals surface area contributed by atoms with E-state index in [9.17, 15) is 18.3 Å². The van der Waals surface area contributed by atoms with E-state index in [-0.39, 0.29) is 5.75 Å². The van der Waals surface area contributed by atoms with Gasteiger partial charge in [0, 0.05) is 5.39 Å². The van der Waals surface area contributed by atoms with Crippen LogP contribution in [0, 0.1) is 6.92 Å². The Labute approximate surface area is 144 Å². The number of rotatable bonds is 2. The highest BCUT2D eigenvalue weighted by Crippen LogP contribution is 2.31. The zero-order chi connectivity index (χ0) is 18.6. The van der Waals surface area contributed by atoms with Gasteiger partial charge in [0.2, 0.25) is 0 Å². The maximum Gasteiger partial charge on any atom is 0.298 e. The molecule has 0 saturated heterocycles. The van der Waals surface area contributed by atoms with Gasteiger partial charge in [-0.05, 0) is 30.0 Å². The van der Waals surface area contributed by atoms with E-state index in [1.54, 1.807) is 43.3 Å². The average molecular weight is 360 g/mol. The first-order valence-corrected chi connectivity index (χ1v) is 8.61. The predicted octanol–water partition coefficient (Wildman–Crippen LogP) is 3.31. The molecule has 3 aromatic rings. The van der Waals surface area contributed by atoms with Crippen LogP contribution in [0.15, 0.2) is 59.5 Å². The van der Waals surface area contributed by atoms with Gasteiger partial charge in [0.05, 0.1) is 5.56 Å². The summed E-state index contributed by atoms with van der Waals surface area (Å²) in [6.07, 6.45) is 0.657. The van der Waals surface area contributed by atoms with Gasteiger partial charge in [0.25, 0.3) is 10.1 Å². The summed E-state index contributed by atoms with van der Waals surface area (Å²) in [6, 6.07) is 14.5. The van der Waals surface area contributed by atoms with Crippen LogP contribution in [0.25, 0.3) is 10.8 Å². The monoisotopic (exact) mass is 360 g/mol. The Hall–Kier alpha value is -2.90. The van der Waals surface area contributed by atoms with E-state index >= 15 is 0 Å². The molecule has 0 amide bonds. The van der Waals surface area contributed by atoms with E-state index in [1.807, 2.05) is 0 Å². The molecule has 0 aliphatic carbocycles. The quantitative estimate of drug-likeness (QED) is 0.477. The van der Waals surface area contributed by atoms with Gasteiger partial charge in [0.1, 0.15) is 16.4 Å². The van der Waals surface area contributed by atoms with E-state index in [0.717, 1.165) is 5.56 Å². The summed E-state index contributed by atoms with van der Waals surface area (Å²) >= 11 is 0. The van der Waals surface area contributed by atoms with Crippen LogP contribution in [-0.2, 0) is 10.1 Å². The molecule has 25 heavy (non-hydrogen) atoms. The highest BCUT2D eigenvalue weighted by molar-refractivity contribution is 7.86. The Morgan fingerprint density at radius 3 is 2.16 bits per heavy atom. The molecule has 0 bridgehead atoms. The molecule has 0 aliphatic rings. The van der Waals surface area contributed by atoms with Gasteiger partial charge >= 0.3 is 0 Å². The molecule has 3 aromatic carbocycles. The second kappa shape index (κ2) is 7.33. The Morgan fingerprint density at radius 2 is 1.60 bits per heavy atom. The standard InChI is InChI=1S/C10H8O4S.C8H8O2/c11-10-8-4-2-1-3-7(8)5-6-9(10)15(12,13)14;1-6-3-2-4-8(10)7(6)5-9/h1-6,11H,(H,12,13,14);2-5,10H,1H3. The van der Waals surface area contributed by atoms with Crippen LogP contribution in [0.4, 0.5) is 0 Å². The van der Waals surface area contributed by atoms with E-state index in [1.165, 1.54) is 18.2 Å². The fourth-order valence-corrected chi connectivity index (χ4v) is 2.86. The van der Waals surface area contributed by atoms with Crippen molar-refractivity contribution in [2.45, 2.75) is 11.8 Å². The Balaban J connectivity index is 0.000000196. The number of hydrogen-bond acceptors (Lipinski definition) is 5. The van der Waals surface area contributed by atoms with Crippen molar-refractivity contribution in [2.75, 3.05) is 0 Å². The normalized spacial score (nSPS) is 10.8. The van der Waals surface area contributed by atoms with E-state index in [0.29, 0.717) is 22.6 Å². The summed E-state index contributed by atoms with van der Waals surface area (Å²) in [6.45, 7) is 1.78. The number of fused-ring (bicyclic) bond motifs is 1. The van der Waals surface area contributed by atoms with E-state index < -0.39 is 20.8 Å². The maximum atomic E-state index is 10.9. The summed E-state index contributed by atoms with van der Waals surface area (Å²) in [4.78, 5) is 9.82. The first-order chi connectivity index (χ1) is 11.8. The minimum Gasteiger partial charge on any atom is -0.507 e. The molecule has 0 aliphatic heterocycles. The van der Waals surface area contributed by atoms with Crippen molar-refractivity contribution >= 4 is 27.2 Å². The Kier molecular flexibility index (Phi) is 5.41. The van der Waals surface area contributed by atoms with Crippen LogP contribution in [0.5, 0.6) is 11.5 Å². The number of benzene rings is 3. The van der Waals surface area contributed by atoms with Gasteiger partial charge in [-0.15, -0.1) is 0 Å². The summed E-state index contributed by atoms with van der Waals surface area (Å²) in [5.74, 6) is -0.370. The first kappa shape index (κ1) is 18.4. The van der Waals surface area contributed by atoms with Crippen LogP contribution in [0.3, 0.4) is 0 Å². The van der Waals surface area contributed by atoms with E-state index in [2.05, 4.69) is 0 Å². The van der Waals surface area contributed by atoms with Crippen LogP contribution < -0.4 is 0 Å². The molecule has 0 aromatic heterocycles. The van der Waals surface area contributed by atoms with Crippen molar-refractivity contribution in [1.82, 2.24) is 0 Å². The highest BCUT2D eigenvalue weighted by Gasteiger charge is 2.16. The molecule has 7 heteroatoms. The number of aromatic hydroxyl groups is 2. The van der Waals surface area contributed by atoms with Gasteiger partial charge in [-0.25, -0.2) is 0 Å². The van der Waals surface area contributed by atoms with Crippen LogP contribution >= 0.6 is 0 Å². The lowest BCUT2D eigenvalue weighted by Crippen LogP contribution is -1.98. The van der Waals surface area contributed by atoms with Gasteiger partial charge < -0.3 is 10.2 Å². The van der Waals surface area contributed by atoms with Gasteiger partial charge in [-0.2, -0.15) is 8.42 Å². The molecule has 0 atom stereocenters. The maximum absolute atomic E-state index is 10.9. The number of phenolic OH excluding ortho intramolecular Hbond substituents is 2.